The lowest BCUT2D eigenvalue weighted by atomic mass is 10.2. The van der Waals surface area contributed by atoms with Crippen LogP contribution in [0.2, 0.25) is 0 Å². The summed E-state index contributed by atoms with van der Waals surface area (Å²) in [6.45, 7) is 0. The van der Waals surface area contributed by atoms with Gasteiger partial charge in [0.1, 0.15) is 0 Å². The largest absolute Gasteiger partial charge is 0.464 e. The SMILES string of the molecule is COC(=O)c1nc(-c2ccccc2)oc1-c1nccs1. The van der Waals surface area contributed by atoms with Crippen molar-refractivity contribution in [2.45, 2.75) is 0 Å². The van der Waals surface area contributed by atoms with Crippen molar-refractivity contribution in [3.63, 3.8) is 0 Å². The first-order chi connectivity index (χ1) is 9.79. The van der Waals surface area contributed by atoms with Crippen LogP contribution in [0, 0.1) is 0 Å². The molecule has 0 fully saturated rings. The quantitative estimate of drug-likeness (QED) is 0.691. The van der Waals surface area contributed by atoms with Gasteiger partial charge in [-0.15, -0.1) is 11.3 Å². The van der Waals surface area contributed by atoms with E-state index in [4.69, 9.17) is 9.15 Å². The summed E-state index contributed by atoms with van der Waals surface area (Å²) >= 11 is 1.37. The number of oxazole rings is 1. The van der Waals surface area contributed by atoms with Gasteiger partial charge in [0.15, 0.2) is 16.5 Å². The van der Waals surface area contributed by atoms with Crippen LogP contribution in [-0.4, -0.2) is 23.0 Å². The van der Waals surface area contributed by atoms with Gasteiger partial charge in [-0.3, -0.25) is 0 Å². The minimum absolute atomic E-state index is 0.140. The number of ether oxygens (including phenoxy) is 1. The molecule has 0 aliphatic carbocycles. The Morgan fingerprint density at radius 3 is 2.75 bits per heavy atom. The summed E-state index contributed by atoms with van der Waals surface area (Å²) in [7, 11) is 1.31. The number of carbonyl (C=O) groups is 1. The molecule has 0 N–H and O–H groups in total. The average molecular weight is 286 g/mol. The Bertz CT molecular complexity index is 720. The molecule has 1 aromatic carbocycles. The van der Waals surface area contributed by atoms with Gasteiger partial charge in [0.25, 0.3) is 0 Å². The molecule has 0 saturated carbocycles. The monoisotopic (exact) mass is 286 g/mol. The Balaban J connectivity index is 2.14. The van der Waals surface area contributed by atoms with E-state index in [1.54, 1.807) is 11.6 Å². The summed E-state index contributed by atoms with van der Waals surface area (Å²) < 4.78 is 10.4. The van der Waals surface area contributed by atoms with Gasteiger partial charge in [-0.2, -0.15) is 0 Å². The maximum absolute atomic E-state index is 11.8. The molecule has 5 nitrogen and oxygen atoms in total. The predicted molar refractivity (Wildman–Crippen MR) is 74.4 cm³/mol. The van der Waals surface area contributed by atoms with Crippen LogP contribution in [0.5, 0.6) is 0 Å². The van der Waals surface area contributed by atoms with Gasteiger partial charge in [0, 0.05) is 17.1 Å². The maximum atomic E-state index is 11.8. The molecule has 0 radical (unpaired) electrons. The minimum atomic E-state index is -0.541. The summed E-state index contributed by atoms with van der Waals surface area (Å²) in [5.74, 6) is 0.169. The highest BCUT2D eigenvalue weighted by molar-refractivity contribution is 7.13. The molecule has 0 saturated heterocycles. The van der Waals surface area contributed by atoms with E-state index in [-0.39, 0.29) is 5.69 Å². The van der Waals surface area contributed by atoms with Crippen molar-refractivity contribution in [2.75, 3.05) is 7.11 Å². The van der Waals surface area contributed by atoms with Crippen molar-refractivity contribution >= 4 is 17.3 Å². The van der Waals surface area contributed by atoms with E-state index in [0.717, 1.165) is 5.56 Å². The molecular weight excluding hydrogens is 276 g/mol. The maximum Gasteiger partial charge on any atom is 0.360 e. The number of methoxy groups -OCH3 is 1. The fourth-order valence-corrected chi connectivity index (χ4v) is 2.36. The number of aromatic nitrogens is 2. The number of hydrogen-bond acceptors (Lipinski definition) is 6. The standard InChI is InChI=1S/C14H10N2O3S/c1-18-14(17)10-11(13-15-7-8-20-13)19-12(16-10)9-5-3-2-4-6-9/h2-8H,1H3. The van der Waals surface area contributed by atoms with Gasteiger partial charge in [-0.25, -0.2) is 14.8 Å². The molecule has 0 spiro atoms. The molecule has 0 bridgehead atoms. The number of carbonyl (C=O) groups excluding carboxylic acids is 1. The van der Waals surface area contributed by atoms with Gasteiger partial charge in [-0.05, 0) is 12.1 Å². The summed E-state index contributed by atoms with van der Waals surface area (Å²) in [6, 6.07) is 9.37. The van der Waals surface area contributed by atoms with Crippen LogP contribution in [0.3, 0.4) is 0 Å². The number of hydrogen-bond donors (Lipinski definition) is 0. The van der Waals surface area contributed by atoms with E-state index in [9.17, 15) is 4.79 Å². The molecular formula is C14H10N2O3S. The second kappa shape index (κ2) is 5.26. The topological polar surface area (TPSA) is 65.2 Å². The molecule has 0 aliphatic rings. The lowest BCUT2D eigenvalue weighted by Crippen LogP contribution is -2.03. The second-order valence-corrected chi connectivity index (χ2v) is 4.79. The predicted octanol–water partition coefficient (Wildman–Crippen LogP) is 3.25. The van der Waals surface area contributed by atoms with Crippen molar-refractivity contribution in [2.24, 2.45) is 0 Å². The Hall–Kier alpha value is -2.47. The molecule has 6 heteroatoms. The van der Waals surface area contributed by atoms with Gasteiger partial charge < -0.3 is 9.15 Å². The molecule has 100 valence electrons. The zero-order valence-electron chi connectivity index (χ0n) is 10.6. The lowest BCUT2D eigenvalue weighted by Gasteiger charge is -1.94. The molecule has 0 atom stereocenters. The Morgan fingerprint density at radius 1 is 1.30 bits per heavy atom. The highest BCUT2D eigenvalue weighted by atomic mass is 32.1. The highest BCUT2D eigenvalue weighted by Crippen LogP contribution is 2.31. The molecule has 2 heterocycles. The highest BCUT2D eigenvalue weighted by Gasteiger charge is 2.24. The van der Waals surface area contributed by atoms with E-state index in [0.29, 0.717) is 16.7 Å². The van der Waals surface area contributed by atoms with Crippen LogP contribution >= 0.6 is 11.3 Å². The average Bonchev–Trinajstić information content (AvgIpc) is 3.16. The molecule has 20 heavy (non-hydrogen) atoms. The third kappa shape index (κ3) is 2.21. The normalized spacial score (nSPS) is 10.4. The van der Waals surface area contributed by atoms with E-state index >= 15 is 0 Å². The first-order valence-electron chi connectivity index (χ1n) is 5.84. The molecule has 2 aromatic heterocycles. The third-order valence-corrected chi connectivity index (χ3v) is 3.43. The molecule has 0 unspecified atom stereocenters. The van der Waals surface area contributed by atoms with Gasteiger partial charge in [0.05, 0.1) is 7.11 Å². The van der Waals surface area contributed by atoms with E-state index < -0.39 is 5.97 Å². The summed E-state index contributed by atoms with van der Waals surface area (Å²) in [5.41, 5.74) is 0.932. The Morgan fingerprint density at radius 2 is 2.10 bits per heavy atom. The Labute approximate surface area is 118 Å². The molecule has 3 aromatic rings. The summed E-state index contributed by atoms with van der Waals surface area (Å²) in [4.78, 5) is 20.2. The number of rotatable bonds is 3. The van der Waals surface area contributed by atoms with Crippen molar-refractivity contribution in [3.8, 4) is 22.2 Å². The minimum Gasteiger partial charge on any atom is -0.464 e. The van der Waals surface area contributed by atoms with Crippen LogP contribution in [-0.2, 0) is 4.74 Å². The van der Waals surface area contributed by atoms with E-state index in [2.05, 4.69) is 9.97 Å². The molecule has 0 amide bonds. The first-order valence-corrected chi connectivity index (χ1v) is 6.72. The number of nitrogens with zero attached hydrogens (tertiary/aromatic N) is 2. The second-order valence-electron chi connectivity index (χ2n) is 3.89. The Kier molecular flexibility index (Phi) is 3.30. The van der Waals surface area contributed by atoms with Gasteiger partial charge in [0.2, 0.25) is 5.89 Å². The number of benzene rings is 1. The van der Waals surface area contributed by atoms with E-state index in [1.807, 2.05) is 30.3 Å². The fourth-order valence-electron chi connectivity index (χ4n) is 1.74. The molecule has 0 aliphatic heterocycles. The van der Waals surface area contributed by atoms with Crippen LogP contribution in [0.25, 0.3) is 22.2 Å². The first kappa shape index (κ1) is 12.6. The smallest absolute Gasteiger partial charge is 0.360 e. The van der Waals surface area contributed by atoms with Crippen molar-refractivity contribution in [1.29, 1.82) is 0 Å². The van der Waals surface area contributed by atoms with Crippen LogP contribution in [0.15, 0.2) is 46.3 Å². The van der Waals surface area contributed by atoms with E-state index in [1.165, 1.54) is 18.4 Å². The third-order valence-electron chi connectivity index (χ3n) is 2.65. The van der Waals surface area contributed by atoms with Crippen LogP contribution in [0.4, 0.5) is 0 Å². The lowest BCUT2D eigenvalue weighted by molar-refractivity contribution is 0.0595. The van der Waals surface area contributed by atoms with Crippen LogP contribution < -0.4 is 0 Å². The van der Waals surface area contributed by atoms with Crippen LogP contribution in [0.1, 0.15) is 10.5 Å². The fraction of sp³-hybridized carbons (Fsp3) is 0.0714. The number of thiazole rings is 1. The number of esters is 1. The van der Waals surface area contributed by atoms with Crippen molar-refractivity contribution < 1.29 is 13.9 Å². The summed E-state index contributed by atoms with van der Waals surface area (Å²) in [6.07, 6.45) is 1.64. The van der Waals surface area contributed by atoms with Gasteiger partial charge >= 0.3 is 5.97 Å². The zero-order valence-corrected chi connectivity index (χ0v) is 11.4. The molecule has 3 rings (SSSR count). The van der Waals surface area contributed by atoms with Gasteiger partial charge in [-0.1, -0.05) is 18.2 Å². The summed E-state index contributed by atoms with van der Waals surface area (Å²) in [5, 5.41) is 2.40. The van der Waals surface area contributed by atoms with Crippen molar-refractivity contribution in [3.05, 3.63) is 47.6 Å². The zero-order chi connectivity index (χ0) is 13.9. The van der Waals surface area contributed by atoms with Crippen molar-refractivity contribution in [1.82, 2.24) is 9.97 Å².